The number of nitrogens with zero attached hydrogens (tertiary/aromatic N) is 2. The molecule has 170 valence electrons. The fraction of sp³-hybridized carbons (Fsp3) is 0.148. The van der Waals surface area contributed by atoms with E-state index >= 15 is 0 Å². The SMILES string of the molecule is CC(C)Oc1ccc(-c2csc(NC(=O)Cn3c4ccccc4c(=O)c4ccccc43)n2)cc1. The molecule has 0 fully saturated rings. The molecule has 0 saturated carbocycles. The lowest BCUT2D eigenvalue weighted by Gasteiger charge is -2.14. The number of carbonyl (C=O) groups is 1. The molecular formula is C27H23N3O3S. The summed E-state index contributed by atoms with van der Waals surface area (Å²) in [7, 11) is 0. The maximum Gasteiger partial charge on any atom is 0.246 e. The second-order valence-corrected chi connectivity index (χ2v) is 9.08. The highest BCUT2D eigenvalue weighted by molar-refractivity contribution is 7.14. The number of carbonyl (C=O) groups excluding carboxylic acids is 1. The number of pyridine rings is 1. The molecule has 0 unspecified atom stereocenters. The lowest BCUT2D eigenvalue weighted by Crippen LogP contribution is -2.21. The van der Waals surface area contributed by atoms with Gasteiger partial charge in [0.2, 0.25) is 5.91 Å². The molecule has 5 rings (SSSR count). The lowest BCUT2D eigenvalue weighted by molar-refractivity contribution is -0.116. The van der Waals surface area contributed by atoms with Gasteiger partial charge in [-0.25, -0.2) is 4.98 Å². The van der Waals surface area contributed by atoms with Gasteiger partial charge in [-0.2, -0.15) is 0 Å². The van der Waals surface area contributed by atoms with Gasteiger partial charge in [-0.3, -0.25) is 9.59 Å². The molecule has 0 spiro atoms. The highest BCUT2D eigenvalue weighted by Gasteiger charge is 2.14. The van der Waals surface area contributed by atoms with Crippen molar-refractivity contribution < 1.29 is 9.53 Å². The summed E-state index contributed by atoms with van der Waals surface area (Å²) in [6, 6.07) is 22.5. The van der Waals surface area contributed by atoms with Crippen LogP contribution in [0.25, 0.3) is 33.1 Å². The minimum Gasteiger partial charge on any atom is -0.491 e. The summed E-state index contributed by atoms with van der Waals surface area (Å²) in [5.41, 5.74) is 3.16. The summed E-state index contributed by atoms with van der Waals surface area (Å²) in [4.78, 5) is 30.5. The van der Waals surface area contributed by atoms with E-state index in [-0.39, 0.29) is 24.0 Å². The molecule has 6 nitrogen and oxygen atoms in total. The number of hydrogen-bond donors (Lipinski definition) is 1. The minimum atomic E-state index is -0.208. The first-order valence-electron chi connectivity index (χ1n) is 11.0. The first-order valence-corrected chi connectivity index (χ1v) is 11.9. The summed E-state index contributed by atoms with van der Waals surface area (Å²) in [6.45, 7) is 4.04. The second kappa shape index (κ2) is 9.11. The number of anilines is 1. The predicted molar refractivity (Wildman–Crippen MR) is 138 cm³/mol. The van der Waals surface area contributed by atoms with Crippen LogP contribution in [0.2, 0.25) is 0 Å². The fourth-order valence-electron chi connectivity index (χ4n) is 3.99. The Balaban J connectivity index is 1.39. The van der Waals surface area contributed by atoms with E-state index in [0.717, 1.165) is 28.0 Å². The van der Waals surface area contributed by atoms with E-state index in [2.05, 4.69) is 10.3 Å². The summed E-state index contributed by atoms with van der Waals surface area (Å²) in [6.07, 6.45) is 0.115. The summed E-state index contributed by atoms with van der Waals surface area (Å²) < 4.78 is 7.57. The van der Waals surface area contributed by atoms with Crippen molar-refractivity contribution in [2.75, 3.05) is 5.32 Å². The van der Waals surface area contributed by atoms with E-state index in [1.54, 1.807) is 12.1 Å². The van der Waals surface area contributed by atoms with Gasteiger partial charge in [-0.05, 0) is 62.4 Å². The van der Waals surface area contributed by atoms with Crippen LogP contribution in [0.4, 0.5) is 5.13 Å². The summed E-state index contributed by atoms with van der Waals surface area (Å²) >= 11 is 1.37. The Bertz CT molecular complexity index is 1490. The van der Waals surface area contributed by atoms with Gasteiger partial charge in [0.15, 0.2) is 10.6 Å². The molecule has 0 aliphatic rings. The Hall–Kier alpha value is -3.97. The van der Waals surface area contributed by atoms with Crippen molar-refractivity contribution in [3.8, 4) is 17.0 Å². The number of ether oxygens (including phenoxy) is 1. The van der Waals surface area contributed by atoms with Crippen LogP contribution in [0, 0.1) is 0 Å². The van der Waals surface area contributed by atoms with E-state index in [4.69, 9.17) is 4.74 Å². The van der Waals surface area contributed by atoms with E-state index in [9.17, 15) is 9.59 Å². The molecule has 0 atom stereocenters. The minimum absolute atomic E-state index is 0.0303. The van der Waals surface area contributed by atoms with Gasteiger partial charge in [0.25, 0.3) is 0 Å². The molecule has 2 aromatic heterocycles. The standard InChI is InChI=1S/C27H23N3O3S/c1-17(2)33-19-13-11-18(12-14-19)22-16-34-27(28-22)29-25(31)15-30-23-9-5-3-7-20(23)26(32)21-8-4-6-10-24(21)30/h3-14,16-17H,15H2,1-2H3,(H,28,29,31). The Morgan fingerprint density at radius 1 is 0.971 bits per heavy atom. The molecule has 3 aromatic carbocycles. The first-order chi connectivity index (χ1) is 16.5. The molecule has 2 heterocycles. The van der Waals surface area contributed by atoms with Crippen LogP contribution in [0.3, 0.4) is 0 Å². The topological polar surface area (TPSA) is 73.2 Å². The number of aromatic nitrogens is 2. The Labute approximate surface area is 200 Å². The third kappa shape index (κ3) is 4.30. The highest BCUT2D eigenvalue weighted by atomic mass is 32.1. The number of rotatable bonds is 6. The molecule has 0 aliphatic heterocycles. The first kappa shape index (κ1) is 21.9. The Kier molecular flexibility index (Phi) is 5.86. The van der Waals surface area contributed by atoms with Crippen molar-refractivity contribution in [3.63, 3.8) is 0 Å². The van der Waals surface area contributed by atoms with Gasteiger partial charge >= 0.3 is 0 Å². The Morgan fingerprint density at radius 2 is 1.59 bits per heavy atom. The van der Waals surface area contributed by atoms with Crippen LogP contribution in [-0.4, -0.2) is 21.6 Å². The molecule has 0 saturated heterocycles. The van der Waals surface area contributed by atoms with E-state index in [1.807, 2.05) is 84.5 Å². The molecule has 0 radical (unpaired) electrons. The summed E-state index contributed by atoms with van der Waals surface area (Å²) in [5, 5.41) is 6.53. The van der Waals surface area contributed by atoms with Gasteiger partial charge in [0.1, 0.15) is 12.3 Å². The van der Waals surface area contributed by atoms with Gasteiger partial charge in [-0.1, -0.05) is 24.3 Å². The van der Waals surface area contributed by atoms with Gasteiger partial charge in [-0.15, -0.1) is 11.3 Å². The fourth-order valence-corrected chi connectivity index (χ4v) is 4.73. The normalized spacial score (nSPS) is 11.3. The third-order valence-electron chi connectivity index (χ3n) is 5.45. The van der Waals surface area contributed by atoms with Gasteiger partial charge in [0, 0.05) is 21.7 Å². The van der Waals surface area contributed by atoms with Crippen molar-refractivity contribution in [1.29, 1.82) is 0 Å². The Morgan fingerprint density at radius 3 is 2.21 bits per heavy atom. The van der Waals surface area contributed by atoms with E-state index < -0.39 is 0 Å². The third-order valence-corrected chi connectivity index (χ3v) is 6.21. The average molecular weight is 470 g/mol. The monoisotopic (exact) mass is 469 g/mol. The zero-order chi connectivity index (χ0) is 23.7. The van der Waals surface area contributed by atoms with Gasteiger partial charge < -0.3 is 14.6 Å². The number of fused-ring (bicyclic) bond motifs is 2. The van der Waals surface area contributed by atoms with Crippen LogP contribution in [-0.2, 0) is 11.3 Å². The molecule has 0 bridgehead atoms. The molecule has 5 aromatic rings. The van der Waals surface area contributed by atoms with Crippen LogP contribution in [0.5, 0.6) is 5.75 Å². The zero-order valence-corrected chi connectivity index (χ0v) is 19.6. The molecule has 7 heteroatoms. The molecular weight excluding hydrogens is 446 g/mol. The zero-order valence-electron chi connectivity index (χ0n) is 18.8. The number of para-hydroxylation sites is 2. The van der Waals surface area contributed by atoms with Crippen molar-refractivity contribution >= 4 is 44.2 Å². The molecule has 1 N–H and O–H groups in total. The second-order valence-electron chi connectivity index (χ2n) is 8.23. The van der Waals surface area contributed by atoms with Crippen molar-refractivity contribution in [1.82, 2.24) is 9.55 Å². The van der Waals surface area contributed by atoms with Crippen molar-refractivity contribution in [2.24, 2.45) is 0 Å². The lowest BCUT2D eigenvalue weighted by atomic mass is 10.1. The number of thiazole rings is 1. The van der Waals surface area contributed by atoms with Crippen LogP contribution in [0.15, 0.2) is 83.0 Å². The molecule has 1 amide bonds. The van der Waals surface area contributed by atoms with E-state index in [1.165, 1.54) is 11.3 Å². The van der Waals surface area contributed by atoms with Crippen LogP contribution in [0.1, 0.15) is 13.8 Å². The number of benzene rings is 3. The predicted octanol–water partition coefficient (Wildman–Crippen LogP) is 5.70. The average Bonchev–Trinajstić information content (AvgIpc) is 3.30. The van der Waals surface area contributed by atoms with Crippen molar-refractivity contribution in [3.05, 3.63) is 88.4 Å². The number of nitrogens with one attached hydrogen (secondary N) is 1. The number of amides is 1. The smallest absolute Gasteiger partial charge is 0.246 e. The number of hydrogen-bond acceptors (Lipinski definition) is 5. The highest BCUT2D eigenvalue weighted by Crippen LogP contribution is 2.27. The summed E-state index contributed by atoms with van der Waals surface area (Å²) in [5.74, 6) is 0.601. The molecule has 34 heavy (non-hydrogen) atoms. The van der Waals surface area contributed by atoms with Crippen LogP contribution >= 0.6 is 11.3 Å². The quantitative estimate of drug-likeness (QED) is 0.324. The van der Waals surface area contributed by atoms with E-state index in [0.29, 0.717) is 15.9 Å². The van der Waals surface area contributed by atoms with Gasteiger partial charge in [0.05, 0.1) is 22.8 Å². The molecule has 0 aliphatic carbocycles. The maximum atomic E-state index is 13.0. The van der Waals surface area contributed by atoms with Crippen molar-refractivity contribution in [2.45, 2.75) is 26.5 Å². The van der Waals surface area contributed by atoms with Crippen LogP contribution < -0.4 is 15.5 Å². The largest absolute Gasteiger partial charge is 0.491 e. The maximum absolute atomic E-state index is 13.0.